The second-order valence-electron chi connectivity index (χ2n) is 5.38. The van der Waals surface area contributed by atoms with E-state index in [9.17, 15) is 9.59 Å². The molecule has 1 saturated heterocycles. The summed E-state index contributed by atoms with van der Waals surface area (Å²) < 4.78 is 2.73. The number of hydrogen-bond acceptors (Lipinski definition) is 4. The minimum absolute atomic E-state index is 0.283. The van der Waals surface area contributed by atoms with Gasteiger partial charge < -0.3 is 9.91 Å². The quantitative estimate of drug-likeness (QED) is 0.757. The molecule has 0 spiro atoms. The van der Waals surface area contributed by atoms with Gasteiger partial charge in [-0.15, -0.1) is 0 Å². The van der Waals surface area contributed by atoms with E-state index in [1.165, 1.54) is 9.24 Å². The number of benzene rings is 1. The van der Waals surface area contributed by atoms with E-state index < -0.39 is 0 Å². The van der Waals surface area contributed by atoms with E-state index in [1.807, 2.05) is 12.1 Å². The molecule has 2 aromatic rings. The first-order valence-electron chi connectivity index (χ1n) is 6.84. The van der Waals surface area contributed by atoms with Gasteiger partial charge in [0.2, 0.25) is 0 Å². The van der Waals surface area contributed by atoms with Gasteiger partial charge in [0.25, 0.3) is 5.56 Å². The fourth-order valence-electron chi connectivity index (χ4n) is 2.65. The number of aryl methyl sites for hydroxylation is 1. The molecule has 1 fully saturated rings. The second-order valence-corrected chi connectivity index (χ2v) is 5.81. The Kier molecular flexibility index (Phi) is 3.51. The van der Waals surface area contributed by atoms with E-state index in [1.54, 1.807) is 25.2 Å². The SMILES string of the molecule is CN1CCN(n2c(=O)c3ccc(Cl)cc3n(C)c2=O)CC1. The van der Waals surface area contributed by atoms with Crippen LogP contribution in [0.1, 0.15) is 0 Å². The lowest BCUT2D eigenvalue weighted by Crippen LogP contribution is -2.58. The van der Waals surface area contributed by atoms with Crippen LogP contribution >= 0.6 is 11.6 Å². The fourth-order valence-corrected chi connectivity index (χ4v) is 2.82. The topological polar surface area (TPSA) is 50.5 Å². The predicted molar refractivity (Wildman–Crippen MR) is 83.9 cm³/mol. The molecule has 1 aromatic carbocycles. The van der Waals surface area contributed by atoms with Crippen molar-refractivity contribution in [3.8, 4) is 0 Å². The Morgan fingerprint density at radius 1 is 1.05 bits per heavy atom. The number of nitrogens with zero attached hydrogens (tertiary/aromatic N) is 4. The average Bonchev–Trinajstić information content (AvgIpc) is 2.47. The fraction of sp³-hybridized carbons (Fsp3) is 0.429. The molecule has 0 atom stereocenters. The summed E-state index contributed by atoms with van der Waals surface area (Å²) in [4.78, 5) is 27.3. The summed E-state index contributed by atoms with van der Waals surface area (Å²) in [5.74, 6) is 0. The first kappa shape index (κ1) is 14.2. The second kappa shape index (κ2) is 5.20. The van der Waals surface area contributed by atoms with Gasteiger partial charge in [-0.05, 0) is 25.2 Å². The highest BCUT2D eigenvalue weighted by Crippen LogP contribution is 2.15. The van der Waals surface area contributed by atoms with Crippen LogP contribution in [0.5, 0.6) is 0 Å². The van der Waals surface area contributed by atoms with Gasteiger partial charge in [0.1, 0.15) is 0 Å². The van der Waals surface area contributed by atoms with E-state index in [2.05, 4.69) is 4.90 Å². The van der Waals surface area contributed by atoms with Crippen molar-refractivity contribution in [1.82, 2.24) is 14.1 Å². The normalized spacial score (nSPS) is 16.6. The summed E-state index contributed by atoms with van der Waals surface area (Å²) in [5, 5.41) is 2.83. The zero-order valence-electron chi connectivity index (χ0n) is 12.0. The summed E-state index contributed by atoms with van der Waals surface area (Å²) in [6.07, 6.45) is 0. The van der Waals surface area contributed by atoms with Crippen LogP contribution in [0.15, 0.2) is 27.8 Å². The maximum atomic E-state index is 12.6. The first-order valence-corrected chi connectivity index (χ1v) is 7.22. The van der Waals surface area contributed by atoms with Gasteiger partial charge in [-0.25, -0.2) is 4.79 Å². The van der Waals surface area contributed by atoms with Crippen molar-refractivity contribution >= 4 is 22.5 Å². The van der Waals surface area contributed by atoms with Gasteiger partial charge in [0, 0.05) is 38.2 Å². The molecule has 6 nitrogen and oxygen atoms in total. The van der Waals surface area contributed by atoms with Gasteiger partial charge in [-0.2, -0.15) is 4.68 Å². The molecule has 0 radical (unpaired) electrons. The van der Waals surface area contributed by atoms with Crippen LogP contribution in [0.3, 0.4) is 0 Å². The van der Waals surface area contributed by atoms with Crippen molar-refractivity contribution in [2.75, 3.05) is 38.2 Å². The lowest BCUT2D eigenvalue weighted by Gasteiger charge is -2.34. The van der Waals surface area contributed by atoms with Crippen LogP contribution in [0.25, 0.3) is 10.9 Å². The molecule has 2 heterocycles. The Balaban J connectivity index is 2.22. The summed E-state index contributed by atoms with van der Waals surface area (Å²) in [6, 6.07) is 4.99. The maximum Gasteiger partial charge on any atom is 0.350 e. The zero-order valence-corrected chi connectivity index (χ0v) is 12.8. The van der Waals surface area contributed by atoms with E-state index >= 15 is 0 Å². The minimum Gasteiger partial charge on any atom is -0.303 e. The van der Waals surface area contributed by atoms with Crippen LogP contribution < -0.4 is 16.3 Å². The van der Waals surface area contributed by atoms with Crippen molar-refractivity contribution < 1.29 is 0 Å². The van der Waals surface area contributed by atoms with Crippen molar-refractivity contribution in [3.05, 3.63) is 44.1 Å². The molecule has 0 bridgehead atoms. The van der Waals surface area contributed by atoms with Gasteiger partial charge in [0.15, 0.2) is 0 Å². The third-order valence-corrected chi connectivity index (χ3v) is 4.21. The van der Waals surface area contributed by atoms with Crippen molar-refractivity contribution in [2.24, 2.45) is 7.05 Å². The van der Waals surface area contributed by atoms with Crippen molar-refractivity contribution in [3.63, 3.8) is 0 Å². The Labute approximate surface area is 126 Å². The third-order valence-electron chi connectivity index (χ3n) is 3.97. The van der Waals surface area contributed by atoms with Crippen molar-refractivity contribution in [2.45, 2.75) is 0 Å². The molecule has 112 valence electrons. The minimum atomic E-state index is -0.334. The number of aromatic nitrogens is 2. The highest BCUT2D eigenvalue weighted by molar-refractivity contribution is 6.31. The molecule has 0 aliphatic carbocycles. The zero-order chi connectivity index (χ0) is 15.1. The molecule has 0 saturated carbocycles. The number of hydrogen-bond donors (Lipinski definition) is 0. The highest BCUT2D eigenvalue weighted by atomic mass is 35.5. The molecule has 21 heavy (non-hydrogen) atoms. The average molecular weight is 309 g/mol. The third kappa shape index (κ3) is 2.34. The summed E-state index contributed by atoms with van der Waals surface area (Å²) in [7, 11) is 3.69. The Hall–Kier alpha value is -1.79. The van der Waals surface area contributed by atoms with E-state index in [4.69, 9.17) is 11.6 Å². The molecule has 1 aliphatic heterocycles. The number of rotatable bonds is 1. The Morgan fingerprint density at radius 3 is 2.38 bits per heavy atom. The van der Waals surface area contributed by atoms with Gasteiger partial charge in [-0.1, -0.05) is 11.6 Å². The van der Waals surface area contributed by atoms with Gasteiger partial charge in [-0.3, -0.25) is 9.36 Å². The van der Waals surface area contributed by atoms with Crippen LogP contribution in [-0.2, 0) is 7.05 Å². The van der Waals surface area contributed by atoms with Gasteiger partial charge in [0.05, 0.1) is 10.9 Å². The van der Waals surface area contributed by atoms with Gasteiger partial charge >= 0.3 is 5.69 Å². The molecule has 0 amide bonds. The van der Waals surface area contributed by atoms with Crippen LogP contribution in [0, 0.1) is 0 Å². The Morgan fingerprint density at radius 2 is 1.71 bits per heavy atom. The predicted octanol–water partition coefficient (Wildman–Crippen LogP) is 0.237. The first-order chi connectivity index (χ1) is 9.99. The molecular formula is C14H17ClN4O2. The lowest BCUT2D eigenvalue weighted by molar-refractivity contribution is 0.282. The largest absolute Gasteiger partial charge is 0.350 e. The molecule has 1 aliphatic rings. The van der Waals surface area contributed by atoms with Crippen LogP contribution in [0.4, 0.5) is 0 Å². The standard InChI is InChI=1S/C14H17ClN4O2/c1-16-5-7-18(8-6-16)19-13(20)11-4-3-10(15)9-12(11)17(2)14(19)21/h3-4,9H,5-8H2,1-2H3. The smallest absolute Gasteiger partial charge is 0.303 e. The van der Waals surface area contributed by atoms with Crippen LogP contribution in [-0.4, -0.2) is 47.4 Å². The van der Waals surface area contributed by atoms with E-state index in [-0.39, 0.29) is 11.2 Å². The molecule has 7 heteroatoms. The molecule has 1 aromatic heterocycles. The molecule has 0 N–H and O–H groups in total. The number of likely N-dealkylation sites (N-methyl/N-ethyl adjacent to an activating group) is 1. The number of fused-ring (bicyclic) bond motifs is 1. The van der Waals surface area contributed by atoms with E-state index in [0.717, 1.165) is 13.1 Å². The number of piperazine rings is 1. The summed E-state index contributed by atoms with van der Waals surface area (Å²) >= 11 is 5.96. The molecule has 3 rings (SSSR count). The maximum absolute atomic E-state index is 12.6. The monoisotopic (exact) mass is 308 g/mol. The van der Waals surface area contributed by atoms with E-state index in [0.29, 0.717) is 29.0 Å². The molecular weight excluding hydrogens is 292 g/mol. The lowest BCUT2D eigenvalue weighted by atomic mass is 10.2. The van der Waals surface area contributed by atoms with Crippen LogP contribution in [0.2, 0.25) is 5.02 Å². The molecule has 0 unspecified atom stereocenters. The highest BCUT2D eigenvalue weighted by Gasteiger charge is 2.20. The number of halogens is 1. The van der Waals surface area contributed by atoms with Crippen molar-refractivity contribution in [1.29, 1.82) is 0 Å². The summed E-state index contributed by atoms with van der Waals surface area (Å²) in [6.45, 7) is 2.97. The summed E-state index contributed by atoms with van der Waals surface area (Å²) in [5.41, 5.74) is -0.0588. The Bertz CT molecular complexity index is 803.